The number of carbonyl (C=O) groups excluding carboxylic acids is 3. The molecule has 0 spiro atoms. The first-order valence-corrected chi connectivity index (χ1v) is 13.6. The molecular formula is C29H40O8. The van der Waals surface area contributed by atoms with E-state index in [9.17, 15) is 34.8 Å². The molecule has 0 bridgehead atoms. The van der Waals surface area contributed by atoms with E-state index in [-0.39, 0.29) is 37.2 Å². The second-order valence-electron chi connectivity index (χ2n) is 12.9. The topological polar surface area (TPSA) is 141 Å². The van der Waals surface area contributed by atoms with Crippen LogP contribution in [0.2, 0.25) is 0 Å². The minimum atomic E-state index is -1.65. The monoisotopic (exact) mass is 516 g/mol. The summed E-state index contributed by atoms with van der Waals surface area (Å²) in [7, 11) is 0. The third-order valence-corrected chi connectivity index (χ3v) is 11.3. The van der Waals surface area contributed by atoms with Crippen LogP contribution >= 0.6 is 0 Å². The van der Waals surface area contributed by atoms with Crippen LogP contribution in [0.25, 0.3) is 0 Å². The average Bonchev–Trinajstić information content (AvgIpc) is 3.12. The maximum Gasteiger partial charge on any atom is 0.334 e. The van der Waals surface area contributed by atoms with Gasteiger partial charge in [0.15, 0.2) is 5.78 Å². The van der Waals surface area contributed by atoms with Crippen LogP contribution in [0.5, 0.6) is 0 Å². The molecule has 4 aliphatic carbocycles. The Kier molecular flexibility index (Phi) is 6.00. The van der Waals surface area contributed by atoms with E-state index in [0.717, 1.165) is 5.57 Å². The highest BCUT2D eigenvalue weighted by atomic mass is 16.6. The number of aliphatic hydroxyl groups is 4. The molecule has 4 N–H and O–H groups in total. The van der Waals surface area contributed by atoms with Gasteiger partial charge in [0.1, 0.15) is 17.5 Å². The fraction of sp³-hybridized carbons (Fsp3) is 0.759. The molecule has 0 radical (unpaired) electrons. The molecule has 3 saturated carbocycles. The average molecular weight is 517 g/mol. The van der Waals surface area contributed by atoms with Crippen molar-refractivity contribution in [3.63, 3.8) is 0 Å². The summed E-state index contributed by atoms with van der Waals surface area (Å²) in [6.07, 6.45) is 0.501. The van der Waals surface area contributed by atoms with Crippen LogP contribution in [0.1, 0.15) is 79.6 Å². The summed E-state index contributed by atoms with van der Waals surface area (Å²) < 4.78 is 5.67. The van der Waals surface area contributed by atoms with Gasteiger partial charge in [0, 0.05) is 30.3 Å². The summed E-state index contributed by atoms with van der Waals surface area (Å²) in [5.41, 5.74) is -3.43. The number of allylic oxidation sites excluding steroid dienone is 1. The Balaban J connectivity index is 1.55. The minimum Gasteiger partial charge on any atom is -0.456 e. The zero-order chi connectivity index (χ0) is 27.3. The normalized spacial score (nSPS) is 47.5. The van der Waals surface area contributed by atoms with Gasteiger partial charge in [0.25, 0.3) is 0 Å². The number of carbonyl (C=O) groups is 3. The fourth-order valence-electron chi connectivity index (χ4n) is 8.76. The van der Waals surface area contributed by atoms with E-state index in [1.165, 1.54) is 6.08 Å². The second-order valence-corrected chi connectivity index (χ2v) is 12.9. The highest BCUT2D eigenvalue weighted by molar-refractivity contribution is 5.98. The number of esters is 1. The summed E-state index contributed by atoms with van der Waals surface area (Å²) in [6, 6.07) is 0. The molecule has 1 aliphatic heterocycles. The number of aliphatic hydroxyl groups excluding tert-OH is 2. The van der Waals surface area contributed by atoms with Crippen molar-refractivity contribution in [2.45, 2.75) is 109 Å². The quantitative estimate of drug-likeness (QED) is 0.418. The maximum atomic E-state index is 14.1. The lowest BCUT2D eigenvalue weighted by atomic mass is 9.45. The highest BCUT2D eigenvalue weighted by Crippen LogP contribution is 2.67. The number of ketones is 2. The molecule has 0 aromatic rings. The van der Waals surface area contributed by atoms with Crippen LogP contribution in [-0.4, -0.2) is 67.5 Å². The molecule has 3 fully saturated rings. The van der Waals surface area contributed by atoms with Crippen LogP contribution in [0.4, 0.5) is 0 Å². The fourth-order valence-corrected chi connectivity index (χ4v) is 8.76. The van der Waals surface area contributed by atoms with E-state index in [0.29, 0.717) is 30.4 Å². The van der Waals surface area contributed by atoms with Crippen LogP contribution in [-0.2, 0) is 19.1 Å². The van der Waals surface area contributed by atoms with Gasteiger partial charge in [-0.15, -0.1) is 0 Å². The third kappa shape index (κ3) is 3.38. The molecular weight excluding hydrogens is 476 g/mol. The Labute approximate surface area is 217 Å². The minimum absolute atomic E-state index is 0.0734. The van der Waals surface area contributed by atoms with Crippen molar-refractivity contribution < 1.29 is 39.5 Å². The summed E-state index contributed by atoms with van der Waals surface area (Å²) in [5.74, 6) is -2.55. The van der Waals surface area contributed by atoms with Crippen molar-refractivity contribution >= 4 is 17.5 Å². The van der Waals surface area contributed by atoms with Crippen LogP contribution < -0.4 is 0 Å². The standard InChI is InChI=1S/C29H40O8/c1-6-15-9-24(37-25(34)14(15)2)28(5,35)22-7-8-29(36)17-10-19(30)18-11-20(31)21(32)13-26(18,3)16(17)12-23(33)27(22,29)4/h10,16,18,20-22,24,31-32,35-36H,6-9,11-13H2,1-5H3/t16-,18-,20-,21-,22-,24+,26+,27-,28+,29+/m0/s1. The van der Waals surface area contributed by atoms with E-state index in [4.69, 9.17) is 4.74 Å². The van der Waals surface area contributed by atoms with Gasteiger partial charge in [0.05, 0.1) is 23.2 Å². The first kappa shape index (κ1) is 26.7. The number of ether oxygens (including phenoxy) is 1. The number of hydrogen-bond donors (Lipinski definition) is 4. The summed E-state index contributed by atoms with van der Waals surface area (Å²) >= 11 is 0. The SMILES string of the molecule is CCC1=C(C)C(=O)O[C@@H]([C@](C)(O)[C@H]2CC[C@@]3(O)C4=CC(=O)[C@@H]5C[C@H](O)[C@@H](O)C[C@]5(C)[C@H]4CC(=O)[C@]23C)C1. The van der Waals surface area contributed by atoms with Crippen molar-refractivity contribution in [1.82, 2.24) is 0 Å². The van der Waals surface area contributed by atoms with Crippen molar-refractivity contribution in [2.75, 3.05) is 0 Å². The first-order chi connectivity index (χ1) is 17.1. The first-order valence-electron chi connectivity index (χ1n) is 13.6. The van der Waals surface area contributed by atoms with Crippen LogP contribution in [0.3, 0.4) is 0 Å². The Bertz CT molecular complexity index is 1120. The summed E-state index contributed by atoms with van der Waals surface area (Å²) in [4.78, 5) is 40.0. The Morgan fingerprint density at radius 3 is 2.43 bits per heavy atom. The van der Waals surface area contributed by atoms with E-state index < -0.39 is 64.1 Å². The van der Waals surface area contributed by atoms with E-state index in [1.807, 2.05) is 13.8 Å². The molecule has 8 heteroatoms. The van der Waals surface area contributed by atoms with Gasteiger partial charge in [0.2, 0.25) is 0 Å². The third-order valence-electron chi connectivity index (χ3n) is 11.3. The second kappa shape index (κ2) is 8.31. The number of hydrogen-bond acceptors (Lipinski definition) is 8. The summed E-state index contributed by atoms with van der Waals surface area (Å²) in [5, 5.41) is 45.0. The summed E-state index contributed by atoms with van der Waals surface area (Å²) in [6.45, 7) is 8.83. The molecule has 0 unspecified atom stereocenters. The Morgan fingerprint density at radius 2 is 1.78 bits per heavy atom. The molecule has 0 saturated heterocycles. The van der Waals surface area contributed by atoms with Gasteiger partial charge < -0.3 is 25.2 Å². The van der Waals surface area contributed by atoms with Gasteiger partial charge in [-0.05, 0) is 75.9 Å². The molecule has 204 valence electrons. The molecule has 5 aliphatic rings. The highest BCUT2D eigenvalue weighted by Gasteiger charge is 2.72. The predicted octanol–water partition coefficient (Wildman–Crippen LogP) is 2.16. The molecule has 37 heavy (non-hydrogen) atoms. The van der Waals surface area contributed by atoms with Crippen LogP contribution in [0.15, 0.2) is 22.8 Å². The van der Waals surface area contributed by atoms with Crippen molar-refractivity contribution in [3.05, 3.63) is 22.8 Å². The molecule has 8 nitrogen and oxygen atoms in total. The zero-order valence-electron chi connectivity index (χ0n) is 22.4. The lowest BCUT2D eigenvalue weighted by molar-refractivity contribution is -0.192. The maximum absolute atomic E-state index is 14.1. The molecule has 0 aromatic heterocycles. The molecule has 0 amide bonds. The Hall–Kier alpha value is -1.87. The molecule has 0 aromatic carbocycles. The van der Waals surface area contributed by atoms with Gasteiger partial charge in [-0.3, -0.25) is 9.59 Å². The van der Waals surface area contributed by atoms with Gasteiger partial charge >= 0.3 is 5.97 Å². The largest absolute Gasteiger partial charge is 0.456 e. The van der Waals surface area contributed by atoms with Crippen LogP contribution in [0, 0.1) is 28.6 Å². The van der Waals surface area contributed by atoms with E-state index in [1.54, 1.807) is 20.8 Å². The van der Waals surface area contributed by atoms with Gasteiger partial charge in [-0.1, -0.05) is 19.4 Å². The number of rotatable bonds is 3. The van der Waals surface area contributed by atoms with Crippen molar-refractivity contribution in [1.29, 1.82) is 0 Å². The van der Waals surface area contributed by atoms with Gasteiger partial charge in [-0.25, -0.2) is 4.79 Å². The molecule has 5 rings (SSSR count). The lowest BCUT2D eigenvalue weighted by Crippen LogP contribution is -2.66. The Morgan fingerprint density at radius 1 is 1.11 bits per heavy atom. The predicted molar refractivity (Wildman–Crippen MR) is 133 cm³/mol. The van der Waals surface area contributed by atoms with Gasteiger partial charge in [-0.2, -0.15) is 0 Å². The lowest BCUT2D eigenvalue weighted by Gasteiger charge is -2.59. The van der Waals surface area contributed by atoms with E-state index >= 15 is 0 Å². The number of cyclic esters (lactones) is 1. The van der Waals surface area contributed by atoms with Crippen molar-refractivity contribution in [3.8, 4) is 0 Å². The zero-order valence-corrected chi connectivity index (χ0v) is 22.4. The molecule has 10 atom stereocenters. The van der Waals surface area contributed by atoms with Crippen molar-refractivity contribution in [2.24, 2.45) is 28.6 Å². The van der Waals surface area contributed by atoms with E-state index in [2.05, 4.69) is 0 Å². The smallest absolute Gasteiger partial charge is 0.334 e. The number of Topliss-reactive ketones (excluding diaryl/α,β-unsaturated/α-hetero) is 1. The number of fused-ring (bicyclic) bond motifs is 5. The molecule has 1 heterocycles.